The summed E-state index contributed by atoms with van der Waals surface area (Å²) in [4.78, 5) is 0. The highest BCUT2D eigenvalue weighted by Crippen LogP contribution is 2.14. The molecule has 0 fully saturated rings. The van der Waals surface area contributed by atoms with Crippen LogP contribution in [0.2, 0.25) is 5.15 Å². The van der Waals surface area contributed by atoms with Gasteiger partial charge in [0.05, 0.1) is 11.7 Å². The van der Waals surface area contributed by atoms with E-state index < -0.39 is 0 Å². The summed E-state index contributed by atoms with van der Waals surface area (Å²) in [5.74, 6) is 0.0617. The van der Waals surface area contributed by atoms with Crippen LogP contribution in [-0.4, -0.2) is 8.75 Å². The molecule has 0 spiro atoms. The Balaban J connectivity index is 3.12. The van der Waals surface area contributed by atoms with Crippen molar-refractivity contribution in [3.8, 4) is 0 Å². The highest BCUT2D eigenvalue weighted by Gasteiger charge is 1.96. The van der Waals surface area contributed by atoms with Gasteiger partial charge in [-0.1, -0.05) is 11.6 Å². The van der Waals surface area contributed by atoms with Gasteiger partial charge in [0.25, 0.3) is 0 Å². The van der Waals surface area contributed by atoms with Gasteiger partial charge in [-0.3, -0.25) is 5.73 Å². The molecule has 1 heterocycles. The summed E-state index contributed by atoms with van der Waals surface area (Å²) in [6, 6.07) is 0. The lowest BCUT2D eigenvalue weighted by atomic mass is 10.8. The lowest BCUT2D eigenvalue weighted by Gasteiger charge is -1.71. The van der Waals surface area contributed by atoms with E-state index >= 15 is 0 Å². The molecule has 0 saturated heterocycles. The van der Waals surface area contributed by atoms with E-state index in [1.165, 1.54) is 0 Å². The first-order valence-corrected chi connectivity index (χ1v) is 2.61. The molecule has 0 amide bonds. The predicted molar refractivity (Wildman–Crippen MR) is 27.7 cm³/mol. The molecule has 0 unspecified atom stereocenters. The Morgan fingerprint density at radius 1 is 1.57 bits per heavy atom. The molecule has 1 rings (SSSR count). The summed E-state index contributed by atoms with van der Waals surface area (Å²) in [6.45, 7) is 0. The summed E-state index contributed by atoms with van der Waals surface area (Å²) in [5, 5.41) is 0.185. The molecule has 5 heteroatoms. The normalized spacial score (nSPS) is 9.29. The van der Waals surface area contributed by atoms with Gasteiger partial charge in [-0.25, -0.2) is 0 Å². The van der Waals surface area contributed by atoms with Crippen molar-refractivity contribution in [1.29, 1.82) is 0 Å². The second-order valence-electron chi connectivity index (χ2n) is 0.904. The van der Waals surface area contributed by atoms with E-state index in [-0.39, 0.29) is 11.0 Å². The molecule has 0 aliphatic carbocycles. The Kier molecular flexibility index (Phi) is 1.12. The van der Waals surface area contributed by atoms with Gasteiger partial charge in [0, 0.05) is 0 Å². The quantitative estimate of drug-likeness (QED) is 0.534. The fourth-order valence-corrected chi connectivity index (χ4v) is 0.730. The molecule has 0 aromatic carbocycles. The van der Waals surface area contributed by atoms with E-state index in [2.05, 4.69) is 8.75 Å². The van der Waals surface area contributed by atoms with E-state index in [0.29, 0.717) is 0 Å². The van der Waals surface area contributed by atoms with Crippen LogP contribution in [0.25, 0.3) is 0 Å². The van der Waals surface area contributed by atoms with Crippen molar-refractivity contribution in [2.24, 2.45) is 0 Å². The van der Waals surface area contributed by atoms with Gasteiger partial charge in [0.1, 0.15) is 0 Å². The number of nitrogens with one attached hydrogen (secondary N) is 1. The maximum absolute atomic E-state index is 6.80. The van der Waals surface area contributed by atoms with Crippen LogP contribution in [0.1, 0.15) is 0 Å². The number of halogens is 1. The van der Waals surface area contributed by atoms with Crippen LogP contribution >= 0.6 is 23.3 Å². The number of nitrogens with zero attached hydrogens (tertiary/aromatic N) is 2. The maximum Gasteiger partial charge on any atom is 0.197 e. The van der Waals surface area contributed by atoms with Crippen molar-refractivity contribution < 1.29 is 0 Å². The van der Waals surface area contributed by atoms with E-state index in [1.54, 1.807) is 0 Å². The molecule has 0 saturated carbocycles. The predicted octanol–water partition coefficient (Wildman–Crippen LogP) is 1.11. The number of aromatic nitrogens is 2. The van der Waals surface area contributed by atoms with Gasteiger partial charge >= 0.3 is 0 Å². The van der Waals surface area contributed by atoms with Crippen LogP contribution in [0.3, 0.4) is 0 Å². The Labute approximate surface area is 49.4 Å². The molecule has 0 bridgehead atoms. The van der Waals surface area contributed by atoms with E-state index in [1.807, 2.05) is 0 Å². The van der Waals surface area contributed by atoms with Crippen LogP contribution in [0.4, 0.5) is 5.82 Å². The molecule has 1 aromatic heterocycles. The zero-order chi connectivity index (χ0) is 5.28. The van der Waals surface area contributed by atoms with E-state index in [4.69, 9.17) is 17.3 Å². The van der Waals surface area contributed by atoms with Crippen LogP contribution in [0, 0.1) is 0 Å². The SMILES string of the molecule is [NH]c1nsnc1Cl. The minimum Gasteiger partial charge on any atom is -0.279 e. The first kappa shape index (κ1) is 4.80. The Morgan fingerprint density at radius 2 is 2.29 bits per heavy atom. The van der Waals surface area contributed by atoms with Gasteiger partial charge in [0.2, 0.25) is 0 Å². The van der Waals surface area contributed by atoms with Gasteiger partial charge in [0.15, 0.2) is 11.0 Å². The molecule has 1 radical (unpaired) electrons. The second-order valence-corrected chi connectivity index (χ2v) is 1.79. The van der Waals surface area contributed by atoms with Gasteiger partial charge < -0.3 is 0 Å². The zero-order valence-electron chi connectivity index (χ0n) is 3.18. The zero-order valence-corrected chi connectivity index (χ0v) is 4.75. The van der Waals surface area contributed by atoms with Crippen molar-refractivity contribution in [1.82, 2.24) is 14.5 Å². The van der Waals surface area contributed by atoms with Gasteiger partial charge in [-0.2, -0.15) is 8.75 Å². The standard InChI is InChI=1S/C2HClN3S/c3-1-2(4)6-7-5-1/h4H. The lowest BCUT2D eigenvalue weighted by molar-refractivity contribution is 1.37. The minimum atomic E-state index is 0.0617. The van der Waals surface area contributed by atoms with Crippen LogP contribution in [0.15, 0.2) is 0 Å². The topological polar surface area (TPSA) is 49.6 Å². The Bertz CT molecular complexity index is 145. The Morgan fingerprint density at radius 3 is 2.43 bits per heavy atom. The van der Waals surface area contributed by atoms with Crippen molar-refractivity contribution in [2.75, 3.05) is 0 Å². The minimum absolute atomic E-state index is 0.0617. The molecular weight excluding hydrogens is 134 g/mol. The summed E-state index contributed by atoms with van der Waals surface area (Å²) < 4.78 is 7.01. The van der Waals surface area contributed by atoms with E-state index in [0.717, 1.165) is 11.7 Å². The largest absolute Gasteiger partial charge is 0.279 e. The second kappa shape index (κ2) is 1.63. The molecule has 37 valence electrons. The smallest absolute Gasteiger partial charge is 0.197 e. The van der Waals surface area contributed by atoms with Crippen molar-refractivity contribution in [3.05, 3.63) is 5.15 Å². The summed E-state index contributed by atoms with van der Waals surface area (Å²) in [5.41, 5.74) is 6.80. The lowest BCUT2D eigenvalue weighted by Crippen LogP contribution is -1.63. The van der Waals surface area contributed by atoms with Crippen molar-refractivity contribution in [2.45, 2.75) is 0 Å². The van der Waals surface area contributed by atoms with Crippen LogP contribution < -0.4 is 5.73 Å². The molecule has 0 aliphatic rings. The molecular formula is C2HClN3S. The van der Waals surface area contributed by atoms with Crippen molar-refractivity contribution >= 4 is 29.1 Å². The average Bonchev–Trinajstić information content (AvgIpc) is 1.91. The highest BCUT2D eigenvalue weighted by atomic mass is 35.5. The number of hydrogen-bond donors (Lipinski definition) is 0. The molecule has 1 N–H and O–H groups in total. The summed E-state index contributed by atoms with van der Waals surface area (Å²) >= 11 is 6.22. The molecule has 7 heavy (non-hydrogen) atoms. The fraction of sp³-hybridized carbons (Fsp3) is 0. The average molecular weight is 135 g/mol. The number of hydrogen-bond acceptors (Lipinski definition) is 3. The van der Waals surface area contributed by atoms with Gasteiger partial charge in [-0.05, 0) is 0 Å². The first-order valence-electron chi connectivity index (χ1n) is 1.50. The summed E-state index contributed by atoms with van der Waals surface area (Å²) in [6.07, 6.45) is 0. The van der Waals surface area contributed by atoms with E-state index in [9.17, 15) is 0 Å². The molecule has 1 aromatic rings. The Hall–Kier alpha value is -0.350. The summed E-state index contributed by atoms with van der Waals surface area (Å²) in [7, 11) is 0. The third-order valence-electron chi connectivity index (χ3n) is 0.448. The third-order valence-corrected chi connectivity index (χ3v) is 1.34. The monoisotopic (exact) mass is 134 g/mol. The highest BCUT2D eigenvalue weighted by molar-refractivity contribution is 6.99. The van der Waals surface area contributed by atoms with Crippen LogP contribution in [0.5, 0.6) is 0 Å². The fourth-order valence-electron chi connectivity index (χ4n) is 0.178. The first-order chi connectivity index (χ1) is 3.30. The third kappa shape index (κ3) is 0.808. The van der Waals surface area contributed by atoms with Crippen molar-refractivity contribution in [3.63, 3.8) is 0 Å². The molecule has 0 aliphatic heterocycles. The van der Waals surface area contributed by atoms with Gasteiger partial charge in [-0.15, -0.1) is 0 Å². The maximum atomic E-state index is 6.80. The number of rotatable bonds is 0. The molecule has 3 nitrogen and oxygen atoms in total. The molecule has 0 atom stereocenters. The van der Waals surface area contributed by atoms with Crippen LogP contribution in [-0.2, 0) is 0 Å².